The van der Waals surface area contributed by atoms with Crippen molar-refractivity contribution in [1.29, 1.82) is 0 Å². The lowest BCUT2D eigenvalue weighted by Crippen LogP contribution is -2.04. The highest BCUT2D eigenvalue weighted by Gasteiger charge is 2.09. The van der Waals surface area contributed by atoms with Crippen molar-refractivity contribution in [1.82, 2.24) is 5.16 Å². The molecule has 0 fully saturated rings. The molecule has 6 heteroatoms. The zero-order valence-electron chi connectivity index (χ0n) is 11.1. The molecule has 0 atom stereocenters. The normalized spacial score (nSPS) is 11.5. The third kappa shape index (κ3) is 3.35. The summed E-state index contributed by atoms with van der Waals surface area (Å²) < 4.78 is 28.0. The quantitative estimate of drug-likeness (QED) is 0.930. The second-order valence-electron chi connectivity index (χ2n) is 4.53. The number of aromatic nitrogens is 1. The summed E-state index contributed by atoms with van der Waals surface area (Å²) in [5.41, 5.74) is 2.54. The predicted octanol–water partition coefficient (Wildman–Crippen LogP) is 2.31. The van der Waals surface area contributed by atoms with Gasteiger partial charge in [-0.05, 0) is 31.5 Å². The number of rotatable bonds is 4. The fraction of sp³-hybridized carbons (Fsp3) is 0.308. The van der Waals surface area contributed by atoms with Crippen LogP contribution in [-0.4, -0.2) is 19.8 Å². The van der Waals surface area contributed by atoms with E-state index in [-0.39, 0.29) is 0 Å². The minimum Gasteiger partial charge on any atom is -0.379 e. The van der Waals surface area contributed by atoms with E-state index in [1.54, 1.807) is 18.2 Å². The summed E-state index contributed by atoms with van der Waals surface area (Å²) in [6, 6.07) is 6.86. The third-order valence-corrected chi connectivity index (χ3v) is 3.88. The molecule has 0 bridgehead atoms. The standard InChI is InChI=1S/C13H16N2O3S/c1-9-4-5-12(19(3,16)17)7-13(9)14-8-11-6-10(2)18-15-11/h4-7,14H,8H2,1-3H3. The highest BCUT2D eigenvalue weighted by Crippen LogP contribution is 2.20. The van der Waals surface area contributed by atoms with Crippen LogP contribution in [0.1, 0.15) is 17.0 Å². The van der Waals surface area contributed by atoms with Crippen molar-refractivity contribution in [3.63, 3.8) is 0 Å². The van der Waals surface area contributed by atoms with Gasteiger partial charge in [-0.25, -0.2) is 8.42 Å². The van der Waals surface area contributed by atoms with Crippen molar-refractivity contribution < 1.29 is 12.9 Å². The van der Waals surface area contributed by atoms with Gasteiger partial charge in [0.05, 0.1) is 11.4 Å². The van der Waals surface area contributed by atoms with Crippen LogP contribution in [0.15, 0.2) is 33.7 Å². The molecule has 102 valence electrons. The van der Waals surface area contributed by atoms with E-state index in [1.807, 2.05) is 19.9 Å². The largest absolute Gasteiger partial charge is 0.379 e. The number of nitrogens with one attached hydrogen (secondary N) is 1. The van der Waals surface area contributed by atoms with Gasteiger partial charge < -0.3 is 9.84 Å². The van der Waals surface area contributed by atoms with Crippen molar-refractivity contribution >= 4 is 15.5 Å². The molecule has 1 heterocycles. The second-order valence-corrected chi connectivity index (χ2v) is 6.55. The van der Waals surface area contributed by atoms with Crippen LogP contribution in [-0.2, 0) is 16.4 Å². The molecule has 2 rings (SSSR count). The van der Waals surface area contributed by atoms with Gasteiger partial charge in [0.15, 0.2) is 9.84 Å². The van der Waals surface area contributed by atoms with E-state index in [0.29, 0.717) is 11.4 Å². The maximum absolute atomic E-state index is 11.5. The Morgan fingerprint density at radius 3 is 2.58 bits per heavy atom. The van der Waals surface area contributed by atoms with Crippen molar-refractivity contribution in [2.75, 3.05) is 11.6 Å². The third-order valence-electron chi connectivity index (χ3n) is 2.77. The zero-order chi connectivity index (χ0) is 14.0. The van der Waals surface area contributed by atoms with Crippen molar-refractivity contribution in [2.45, 2.75) is 25.3 Å². The molecule has 0 aliphatic heterocycles. The summed E-state index contributed by atoms with van der Waals surface area (Å²) in [5, 5.41) is 7.04. The average Bonchev–Trinajstić information content (AvgIpc) is 2.72. The summed E-state index contributed by atoms with van der Waals surface area (Å²) >= 11 is 0. The van der Waals surface area contributed by atoms with Gasteiger partial charge in [-0.15, -0.1) is 0 Å². The number of sulfone groups is 1. The van der Waals surface area contributed by atoms with Crippen LogP contribution >= 0.6 is 0 Å². The molecule has 1 aromatic heterocycles. The summed E-state index contributed by atoms with van der Waals surface area (Å²) in [7, 11) is -3.20. The zero-order valence-corrected chi connectivity index (χ0v) is 11.9. The molecular formula is C13H16N2O3S. The molecule has 5 nitrogen and oxygen atoms in total. The van der Waals surface area contributed by atoms with Crippen LogP contribution in [0.3, 0.4) is 0 Å². The van der Waals surface area contributed by atoms with E-state index in [1.165, 1.54) is 6.26 Å². The van der Waals surface area contributed by atoms with Gasteiger partial charge >= 0.3 is 0 Å². The Morgan fingerprint density at radius 2 is 2.00 bits per heavy atom. The molecule has 1 N–H and O–H groups in total. The van der Waals surface area contributed by atoms with E-state index >= 15 is 0 Å². The van der Waals surface area contributed by atoms with Crippen LogP contribution in [0.5, 0.6) is 0 Å². The second kappa shape index (κ2) is 5.05. The fourth-order valence-electron chi connectivity index (χ4n) is 1.71. The highest BCUT2D eigenvalue weighted by molar-refractivity contribution is 7.90. The number of hydrogen-bond donors (Lipinski definition) is 1. The van der Waals surface area contributed by atoms with Crippen LogP contribution < -0.4 is 5.32 Å². The molecule has 1 aromatic carbocycles. The summed E-state index contributed by atoms with van der Waals surface area (Å²) in [6.45, 7) is 4.24. The van der Waals surface area contributed by atoms with Gasteiger partial charge in [-0.2, -0.15) is 0 Å². The number of hydrogen-bond acceptors (Lipinski definition) is 5. The highest BCUT2D eigenvalue weighted by atomic mass is 32.2. The first-order chi connectivity index (χ1) is 8.86. The first kappa shape index (κ1) is 13.6. The molecule has 0 spiro atoms. The Hall–Kier alpha value is -1.82. The summed E-state index contributed by atoms with van der Waals surface area (Å²) in [6.07, 6.45) is 1.20. The minimum atomic E-state index is -3.20. The monoisotopic (exact) mass is 280 g/mol. The average molecular weight is 280 g/mol. The Labute approximate surface area is 112 Å². The SMILES string of the molecule is Cc1cc(CNc2cc(S(C)(=O)=O)ccc2C)no1. The number of nitrogens with zero attached hydrogens (tertiary/aromatic N) is 1. The van der Waals surface area contributed by atoms with Gasteiger partial charge in [0.2, 0.25) is 0 Å². The van der Waals surface area contributed by atoms with Crippen molar-refractivity contribution in [3.8, 4) is 0 Å². The molecule has 0 aliphatic rings. The lowest BCUT2D eigenvalue weighted by Gasteiger charge is -2.09. The minimum absolute atomic E-state index is 0.303. The fourth-order valence-corrected chi connectivity index (χ4v) is 2.36. The van der Waals surface area contributed by atoms with E-state index in [0.717, 1.165) is 22.7 Å². The topological polar surface area (TPSA) is 72.2 Å². The molecule has 0 aliphatic carbocycles. The van der Waals surface area contributed by atoms with E-state index < -0.39 is 9.84 Å². The Bertz CT molecular complexity index is 690. The predicted molar refractivity (Wildman–Crippen MR) is 72.9 cm³/mol. The number of anilines is 1. The molecule has 0 radical (unpaired) electrons. The summed E-state index contributed by atoms with van der Waals surface area (Å²) in [4.78, 5) is 0.303. The van der Waals surface area contributed by atoms with Gasteiger partial charge in [0, 0.05) is 18.0 Å². The first-order valence-electron chi connectivity index (χ1n) is 5.83. The van der Waals surface area contributed by atoms with Gasteiger partial charge in [0.1, 0.15) is 11.5 Å². The van der Waals surface area contributed by atoms with Gasteiger partial charge in [-0.3, -0.25) is 0 Å². The van der Waals surface area contributed by atoms with Crippen molar-refractivity contribution in [3.05, 3.63) is 41.3 Å². The van der Waals surface area contributed by atoms with E-state index in [9.17, 15) is 8.42 Å². The molecule has 0 saturated carbocycles. The smallest absolute Gasteiger partial charge is 0.175 e. The molecule has 0 amide bonds. The molecule has 19 heavy (non-hydrogen) atoms. The molecule has 0 saturated heterocycles. The molecule has 0 unspecified atom stereocenters. The van der Waals surface area contributed by atoms with E-state index in [2.05, 4.69) is 10.5 Å². The van der Waals surface area contributed by atoms with Crippen molar-refractivity contribution in [2.24, 2.45) is 0 Å². The molecular weight excluding hydrogens is 264 g/mol. The maximum Gasteiger partial charge on any atom is 0.175 e. The van der Waals surface area contributed by atoms with Crippen LogP contribution in [0, 0.1) is 13.8 Å². The van der Waals surface area contributed by atoms with Gasteiger partial charge in [-0.1, -0.05) is 11.2 Å². The van der Waals surface area contributed by atoms with Gasteiger partial charge in [0.25, 0.3) is 0 Å². The maximum atomic E-state index is 11.5. The molecule has 2 aromatic rings. The Kier molecular flexibility index (Phi) is 3.61. The first-order valence-corrected chi connectivity index (χ1v) is 7.72. The Balaban J connectivity index is 2.20. The van der Waals surface area contributed by atoms with Crippen LogP contribution in [0.25, 0.3) is 0 Å². The Morgan fingerprint density at radius 1 is 1.26 bits per heavy atom. The van der Waals surface area contributed by atoms with Crippen LogP contribution in [0.2, 0.25) is 0 Å². The summed E-state index contributed by atoms with van der Waals surface area (Å²) in [5.74, 6) is 0.749. The lowest BCUT2D eigenvalue weighted by atomic mass is 10.2. The number of benzene rings is 1. The van der Waals surface area contributed by atoms with Crippen LogP contribution in [0.4, 0.5) is 5.69 Å². The van der Waals surface area contributed by atoms with E-state index in [4.69, 9.17) is 4.52 Å². The lowest BCUT2D eigenvalue weighted by molar-refractivity contribution is 0.391. The number of aryl methyl sites for hydroxylation is 2.